The normalized spacial score (nSPS) is 18.7. The molecule has 0 bridgehead atoms. The Kier molecular flexibility index (Phi) is 5.04. The molecule has 0 spiro atoms. The second kappa shape index (κ2) is 6.61. The van der Waals surface area contributed by atoms with Crippen molar-refractivity contribution in [2.45, 2.75) is 57.9 Å². The maximum atomic E-state index is 12.1. The van der Waals surface area contributed by atoms with Gasteiger partial charge in [0.15, 0.2) is 0 Å². The first-order valence-corrected chi connectivity index (χ1v) is 8.04. The van der Waals surface area contributed by atoms with Gasteiger partial charge in [-0.2, -0.15) is 0 Å². The van der Waals surface area contributed by atoms with Gasteiger partial charge in [0.2, 0.25) is 0 Å². The minimum absolute atomic E-state index is 0.136. The van der Waals surface area contributed by atoms with Crippen molar-refractivity contribution in [3.63, 3.8) is 0 Å². The molecule has 0 aliphatic heterocycles. The molecule has 0 radical (unpaired) electrons. The average Bonchev–Trinajstić information content (AvgIpc) is 2.88. The fourth-order valence-corrected chi connectivity index (χ4v) is 3.34. The van der Waals surface area contributed by atoms with E-state index in [-0.39, 0.29) is 23.3 Å². The molecule has 116 valence electrons. The Morgan fingerprint density at radius 1 is 1.24 bits per heavy atom. The smallest absolute Gasteiger partial charge is 0.313 e. The molecule has 3 heteroatoms. The van der Waals surface area contributed by atoms with E-state index >= 15 is 0 Å². The van der Waals surface area contributed by atoms with Crippen LogP contribution in [0, 0.1) is 5.92 Å². The van der Waals surface area contributed by atoms with E-state index in [4.69, 9.17) is 10.5 Å². The van der Waals surface area contributed by atoms with Crippen molar-refractivity contribution in [1.29, 1.82) is 0 Å². The minimum Gasteiger partial charge on any atom is -0.466 e. The Morgan fingerprint density at radius 2 is 1.81 bits per heavy atom. The number of ether oxygens (including phenoxy) is 1. The first-order valence-electron chi connectivity index (χ1n) is 8.04. The topological polar surface area (TPSA) is 52.3 Å². The predicted molar refractivity (Wildman–Crippen MR) is 85.0 cm³/mol. The van der Waals surface area contributed by atoms with Gasteiger partial charge in [-0.25, -0.2) is 0 Å². The van der Waals surface area contributed by atoms with Gasteiger partial charge in [-0.15, -0.1) is 0 Å². The molecule has 2 rings (SSSR count). The van der Waals surface area contributed by atoms with E-state index in [1.54, 1.807) is 0 Å². The third-order valence-electron chi connectivity index (χ3n) is 4.55. The first-order chi connectivity index (χ1) is 9.98. The van der Waals surface area contributed by atoms with Gasteiger partial charge >= 0.3 is 5.97 Å². The summed E-state index contributed by atoms with van der Waals surface area (Å²) in [7, 11) is 0. The Morgan fingerprint density at radius 3 is 2.29 bits per heavy atom. The van der Waals surface area contributed by atoms with Crippen LogP contribution in [0.5, 0.6) is 0 Å². The maximum Gasteiger partial charge on any atom is 0.313 e. The fraction of sp³-hybridized carbons (Fsp3) is 0.611. The van der Waals surface area contributed by atoms with Gasteiger partial charge in [-0.05, 0) is 36.8 Å². The molecule has 1 aromatic carbocycles. The molecular weight excluding hydrogens is 262 g/mol. The number of carbonyl (C=O) groups excluding carboxylic acids is 1. The third kappa shape index (κ3) is 3.46. The lowest BCUT2D eigenvalue weighted by Gasteiger charge is -2.25. The molecule has 1 saturated carbocycles. The molecule has 1 unspecified atom stereocenters. The lowest BCUT2D eigenvalue weighted by Crippen LogP contribution is -2.33. The third-order valence-corrected chi connectivity index (χ3v) is 4.55. The molecule has 1 aliphatic rings. The van der Waals surface area contributed by atoms with Gasteiger partial charge in [0.25, 0.3) is 0 Å². The van der Waals surface area contributed by atoms with Gasteiger partial charge in [0.05, 0.1) is 12.5 Å². The van der Waals surface area contributed by atoms with Crippen LogP contribution in [0.15, 0.2) is 24.3 Å². The monoisotopic (exact) mass is 289 g/mol. The van der Waals surface area contributed by atoms with Crippen LogP contribution in [0.1, 0.15) is 63.5 Å². The second-order valence-corrected chi connectivity index (χ2v) is 6.46. The van der Waals surface area contributed by atoms with Crippen LogP contribution in [0.4, 0.5) is 0 Å². The van der Waals surface area contributed by atoms with Gasteiger partial charge in [0, 0.05) is 5.54 Å². The fourth-order valence-electron chi connectivity index (χ4n) is 3.34. The number of benzene rings is 1. The molecule has 0 amide bonds. The van der Waals surface area contributed by atoms with E-state index in [1.165, 1.54) is 18.4 Å². The van der Waals surface area contributed by atoms with Gasteiger partial charge in [-0.3, -0.25) is 4.79 Å². The summed E-state index contributed by atoms with van der Waals surface area (Å²) in [4.78, 5) is 12.1. The Labute approximate surface area is 127 Å². The molecule has 0 saturated heterocycles. The Hall–Kier alpha value is -1.35. The quantitative estimate of drug-likeness (QED) is 0.841. The highest BCUT2D eigenvalue weighted by molar-refractivity contribution is 5.78. The van der Waals surface area contributed by atoms with E-state index < -0.39 is 0 Å². The summed E-state index contributed by atoms with van der Waals surface area (Å²) < 4.78 is 5.21. The van der Waals surface area contributed by atoms with E-state index in [0.717, 1.165) is 18.4 Å². The molecule has 1 aliphatic carbocycles. The van der Waals surface area contributed by atoms with Gasteiger partial charge in [0.1, 0.15) is 0 Å². The van der Waals surface area contributed by atoms with Crippen molar-refractivity contribution in [3.8, 4) is 0 Å². The van der Waals surface area contributed by atoms with Crippen LogP contribution in [-0.2, 0) is 15.1 Å². The largest absolute Gasteiger partial charge is 0.466 e. The van der Waals surface area contributed by atoms with Crippen molar-refractivity contribution in [2.75, 3.05) is 6.61 Å². The summed E-state index contributed by atoms with van der Waals surface area (Å²) in [5.74, 6) is -0.118. The Bertz CT molecular complexity index is 472. The van der Waals surface area contributed by atoms with E-state index in [2.05, 4.69) is 26.0 Å². The number of hydrogen-bond donors (Lipinski definition) is 1. The number of hydrogen-bond acceptors (Lipinski definition) is 3. The van der Waals surface area contributed by atoms with E-state index in [9.17, 15) is 4.79 Å². The molecular formula is C18H27NO2. The van der Waals surface area contributed by atoms with Crippen molar-refractivity contribution < 1.29 is 9.53 Å². The van der Waals surface area contributed by atoms with Crippen LogP contribution >= 0.6 is 0 Å². The molecule has 2 N–H and O–H groups in total. The number of nitrogens with two attached hydrogens (primary N) is 1. The van der Waals surface area contributed by atoms with E-state index in [0.29, 0.717) is 6.61 Å². The molecule has 1 atom stereocenters. The molecule has 1 aromatic rings. The zero-order chi connectivity index (χ0) is 15.5. The molecule has 3 nitrogen and oxygen atoms in total. The average molecular weight is 289 g/mol. The summed E-state index contributed by atoms with van der Waals surface area (Å²) in [6.45, 7) is 6.37. The lowest BCUT2D eigenvalue weighted by molar-refractivity contribution is -0.146. The van der Waals surface area contributed by atoms with Crippen LogP contribution < -0.4 is 5.73 Å². The highest BCUT2D eigenvalue weighted by atomic mass is 16.5. The predicted octanol–water partition coefficient (Wildman–Crippen LogP) is 3.72. The highest BCUT2D eigenvalue weighted by Gasteiger charge is 2.32. The molecule has 1 fully saturated rings. The van der Waals surface area contributed by atoms with Crippen molar-refractivity contribution in [2.24, 2.45) is 11.7 Å². The minimum atomic E-state index is -0.198. The van der Waals surface area contributed by atoms with Crippen LogP contribution in [-0.4, -0.2) is 12.6 Å². The number of rotatable bonds is 5. The van der Waals surface area contributed by atoms with Crippen molar-refractivity contribution >= 4 is 5.97 Å². The molecule has 0 heterocycles. The maximum absolute atomic E-state index is 12.1. The van der Waals surface area contributed by atoms with E-state index in [1.807, 2.05) is 19.1 Å². The summed E-state index contributed by atoms with van der Waals surface area (Å²) in [5.41, 5.74) is 8.52. The van der Waals surface area contributed by atoms with Gasteiger partial charge < -0.3 is 10.5 Å². The van der Waals surface area contributed by atoms with Crippen molar-refractivity contribution in [1.82, 2.24) is 0 Å². The number of carbonyl (C=O) groups is 1. The van der Waals surface area contributed by atoms with Gasteiger partial charge in [-0.1, -0.05) is 51.0 Å². The summed E-state index contributed by atoms with van der Waals surface area (Å²) in [6.07, 6.45) is 4.51. The first kappa shape index (κ1) is 16.0. The summed E-state index contributed by atoms with van der Waals surface area (Å²) >= 11 is 0. The Balaban J connectivity index is 2.21. The van der Waals surface area contributed by atoms with Crippen LogP contribution in [0.3, 0.4) is 0 Å². The van der Waals surface area contributed by atoms with Crippen molar-refractivity contribution in [3.05, 3.63) is 35.4 Å². The highest BCUT2D eigenvalue weighted by Crippen LogP contribution is 2.37. The van der Waals surface area contributed by atoms with Crippen LogP contribution in [0.2, 0.25) is 0 Å². The molecule has 0 aromatic heterocycles. The second-order valence-electron chi connectivity index (χ2n) is 6.46. The zero-order valence-corrected chi connectivity index (χ0v) is 13.4. The summed E-state index contributed by atoms with van der Waals surface area (Å²) in [6, 6.07) is 8.28. The lowest BCUT2D eigenvalue weighted by atomic mass is 9.84. The van der Waals surface area contributed by atoms with Crippen LogP contribution in [0.25, 0.3) is 0 Å². The number of esters is 1. The SMILES string of the molecule is CCOC(=O)C(c1ccc(C2(N)CCCC2)cc1)C(C)C. The zero-order valence-electron chi connectivity index (χ0n) is 13.4. The molecule has 21 heavy (non-hydrogen) atoms. The standard InChI is InChI=1S/C18H27NO2/c1-4-21-17(20)16(13(2)3)14-7-9-15(10-8-14)18(19)11-5-6-12-18/h7-10,13,16H,4-6,11-12,19H2,1-3H3. The summed E-state index contributed by atoms with van der Waals surface area (Å²) in [5, 5.41) is 0.